The fourth-order valence-electron chi connectivity index (χ4n) is 4.37. The Kier molecular flexibility index (Phi) is 5.82. The predicted molar refractivity (Wildman–Crippen MR) is 118 cm³/mol. The average molecular weight is 441 g/mol. The van der Waals surface area contributed by atoms with E-state index in [9.17, 15) is 18.1 Å². The monoisotopic (exact) mass is 440 g/mol. The molecule has 2 heterocycles. The van der Waals surface area contributed by atoms with E-state index < -0.39 is 22.7 Å². The summed E-state index contributed by atoms with van der Waals surface area (Å²) in [4.78, 5) is 4.61. The highest BCUT2D eigenvalue weighted by Crippen LogP contribution is 2.41. The van der Waals surface area contributed by atoms with Gasteiger partial charge in [-0.2, -0.15) is 5.26 Å². The first-order chi connectivity index (χ1) is 14.9. The Morgan fingerprint density at radius 1 is 1.29 bits per heavy atom. The van der Waals surface area contributed by atoms with E-state index in [0.29, 0.717) is 11.1 Å². The molecule has 1 aliphatic rings. The zero-order chi connectivity index (χ0) is 22.2. The molecule has 2 aromatic heterocycles. The summed E-state index contributed by atoms with van der Waals surface area (Å²) in [6.45, 7) is 2.67. The number of halogens is 1. The maximum Gasteiger partial charge on any atom is 0.240 e. The lowest BCUT2D eigenvalue weighted by atomic mass is 10.1. The van der Waals surface area contributed by atoms with Gasteiger partial charge < -0.3 is 4.57 Å². The molecule has 4 rings (SSSR count). The Hall–Kier alpha value is -2.76. The topological polar surface area (TPSA) is 87.8 Å². The van der Waals surface area contributed by atoms with Crippen molar-refractivity contribution in [3.8, 4) is 17.3 Å². The number of benzene rings is 1. The number of aromatic nitrogens is 2. The minimum Gasteiger partial charge on any atom is -0.335 e. The van der Waals surface area contributed by atoms with Crippen LogP contribution in [0.5, 0.6) is 0 Å². The maximum atomic E-state index is 12.8. The molecule has 31 heavy (non-hydrogen) atoms. The molecule has 1 aliphatic carbocycles. The molecule has 3 aromatic rings. The first kappa shape index (κ1) is 21.5. The molecule has 1 N–H and O–H groups in total. The van der Waals surface area contributed by atoms with Crippen molar-refractivity contribution in [1.29, 1.82) is 5.26 Å². The normalized spacial score (nSPS) is 15.9. The minimum atomic E-state index is -3.82. The van der Waals surface area contributed by atoms with E-state index in [1.165, 1.54) is 19.1 Å². The van der Waals surface area contributed by atoms with Crippen molar-refractivity contribution in [2.75, 3.05) is 6.67 Å². The molecule has 6 nitrogen and oxygen atoms in total. The number of alkyl halides is 1. The second-order valence-electron chi connectivity index (χ2n) is 8.23. The van der Waals surface area contributed by atoms with Crippen molar-refractivity contribution in [3.63, 3.8) is 0 Å². The van der Waals surface area contributed by atoms with Gasteiger partial charge in [0.1, 0.15) is 23.8 Å². The van der Waals surface area contributed by atoms with Gasteiger partial charge in [0.2, 0.25) is 10.0 Å². The third kappa shape index (κ3) is 3.95. The van der Waals surface area contributed by atoms with Crippen LogP contribution < -0.4 is 4.72 Å². The van der Waals surface area contributed by atoms with Gasteiger partial charge >= 0.3 is 0 Å². The maximum absolute atomic E-state index is 12.8. The number of nitrogens with one attached hydrogen (secondary N) is 1. The molecule has 1 fully saturated rings. The molecule has 0 amide bonds. The van der Waals surface area contributed by atoms with Gasteiger partial charge in [-0.1, -0.05) is 25.0 Å². The quantitative estimate of drug-likeness (QED) is 0.605. The third-order valence-corrected chi connectivity index (χ3v) is 7.41. The number of sulfonamides is 1. The summed E-state index contributed by atoms with van der Waals surface area (Å²) in [5.74, 6) is 0. The number of nitriles is 1. The van der Waals surface area contributed by atoms with Gasteiger partial charge in [-0.3, -0.25) is 4.98 Å². The summed E-state index contributed by atoms with van der Waals surface area (Å²) in [7, 11) is -3.82. The zero-order valence-corrected chi connectivity index (χ0v) is 18.4. The van der Waals surface area contributed by atoms with Crippen molar-refractivity contribution in [2.45, 2.75) is 56.5 Å². The van der Waals surface area contributed by atoms with E-state index >= 15 is 0 Å². The number of pyridine rings is 1. The van der Waals surface area contributed by atoms with Crippen LogP contribution >= 0.6 is 0 Å². The highest BCUT2D eigenvalue weighted by molar-refractivity contribution is 7.89. The summed E-state index contributed by atoms with van der Waals surface area (Å²) < 4.78 is 42.3. The Labute approximate surface area is 181 Å². The van der Waals surface area contributed by atoms with Crippen molar-refractivity contribution < 1.29 is 12.8 Å². The van der Waals surface area contributed by atoms with E-state index in [1.807, 2.05) is 6.92 Å². The number of fused-ring (bicyclic) bond motifs is 1. The molecule has 162 valence electrons. The van der Waals surface area contributed by atoms with Crippen LogP contribution in [0.2, 0.25) is 0 Å². The van der Waals surface area contributed by atoms with Crippen molar-refractivity contribution in [1.82, 2.24) is 14.3 Å². The van der Waals surface area contributed by atoms with E-state index in [4.69, 9.17) is 0 Å². The smallest absolute Gasteiger partial charge is 0.240 e. The number of rotatable bonds is 6. The van der Waals surface area contributed by atoms with Crippen LogP contribution in [-0.2, 0) is 10.0 Å². The Morgan fingerprint density at radius 3 is 2.58 bits per heavy atom. The highest BCUT2D eigenvalue weighted by Gasteiger charge is 2.27. The van der Waals surface area contributed by atoms with Gasteiger partial charge in [0.25, 0.3) is 0 Å². The molecule has 8 heteroatoms. The lowest BCUT2D eigenvalue weighted by molar-refractivity contribution is 0.423. The Balaban J connectivity index is 1.86. The van der Waals surface area contributed by atoms with Crippen LogP contribution in [0, 0.1) is 18.3 Å². The SMILES string of the molecule is Cc1cnc2c(C#N)c(-c3ccc(S(=O)(=O)N[C@@H](C)CF)cc3)n(C3CCCC3)c2c1. The van der Waals surface area contributed by atoms with Crippen LogP contribution in [-0.4, -0.2) is 30.7 Å². The molecule has 1 aromatic carbocycles. The lowest BCUT2D eigenvalue weighted by Crippen LogP contribution is -2.33. The summed E-state index contributed by atoms with van der Waals surface area (Å²) in [6.07, 6.45) is 6.11. The van der Waals surface area contributed by atoms with E-state index in [2.05, 4.69) is 26.4 Å². The van der Waals surface area contributed by atoms with Gasteiger partial charge in [0, 0.05) is 18.3 Å². The summed E-state index contributed by atoms with van der Waals surface area (Å²) in [5, 5.41) is 9.97. The number of hydrogen-bond donors (Lipinski definition) is 1. The molecule has 0 spiro atoms. The van der Waals surface area contributed by atoms with Crippen molar-refractivity contribution in [3.05, 3.63) is 47.7 Å². The number of nitrogens with zero attached hydrogens (tertiary/aromatic N) is 3. The standard InChI is InChI=1S/C23H25FN4O2S/c1-15-11-21-22(26-14-15)20(13-25)23(28(21)18-5-3-4-6-18)17-7-9-19(10-8-17)31(29,30)27-16(2)12-24/h7-11,14,16,18,27H,3-6,12H2,1-2H3/t16-/m0/s1. The molecule has 0 unspecified atom stereocenters. The average Bonchev–Trinajstić information content (AvgIpc) is 3.38. The molecular weight excluding hydrogens is 415 g/mol. The zero-order valence-electron chi connectivity index (χ0n) is 17.6. The van der Waals surface area contributed by atoms with Crippen LogP contribution in [0.15, 0.2) is 41.4 Å². The summed E-state index contributed by atoms with van der Waals surface area (Å²) in [5.41, 5.74) is 4.67. The summed E-state index contributed by atoms with van der Waals surface area (Å²) >= 11 is 0. The molecule has 1 saturated carbocycles. The molecule has 0 aliphatic heterocycles. The van der Waals surface area contributed by atoms with Crippen LogP contribution in [0.3, 0.4) is 0 Å². The fraction of sp³-hybridized carbons (Fsp3) is 0.391. The van der Waals surface area contributed by atoms with E-state index in [-0.39, 0.29) is 10.9 Å². The molecule has 1 atom stereocenters. The van der Waals surface area contributed by atoms with E-state index in [1.54, 1.807) is 18.3 Å². The summed E-state index contributed by atoms with van der Waals surface area (Å²) in [6, 6.07) is 10.3. The van der Waals surface area contributed by atoms with Crippen LogP contribution in [0.4, 0.5) is 4.39 Å². The van der Waals surface area contributed by atoms with Crippen molar-refractivity contribution >= 4 is 21.1 Å². The largest absolute Gasteiger partial charge is 0.335 e. The Morgan fingerprint density at radius 2 is 1.97 bits per heavy atom. The van der Waals surface area contributed by atoms with Gasteiger partial charge in [-0.25, -0.2) is 17.5 Å². The minimum absolute atomic E-state index is 0.0626. The molecular formula is C23H25FN4O2S. The first-order valence-electron chi connectivity index (χ1n) is 10.4. The van der Waals surface area contributed by atoms with Gasteiger partial charge in [-0.05, 0) is 56.0 Å². The number of aryl methyl sites for hydroxylation is 1. The van der Waals surface area contributed by atoms with Crippen LogP contribution in [0.25, 0.3) is 22.3 Å². The molecule has 0 saturated heterocycles. The highest BCUT2D eigenvalue weighted by atomic mass is 32.2. The molecule has 0 radical (unpaired) electrons. The Bertz CT molecular complexity index is 1250. The van der Waals surface area contributed by atoms with E-state index in [0.717, 1.165) is 48.0 Å². The fourth-order valence-corrected chi connectivity index (χ4v) is 5.59. The van der Waals surface area contributed by atoms with Crippen molar-refractivity contribution in [2.24, 2.45) is 0 Å². The number of hydrogen-bond acceptors (Lipinski definition) is 4. The lowest BCUT2D eigenvalue weighted by Gasteiger charge is -2.18. The second-order valence-corrected chi connectivity index (χ2v) is 9.94. The van der Waals surface area contributed by atoms with Gasteiger partial charge in [-0.15, -0.1) is 0 Å². The second kappa shape index (κ2) is 8.40. The first-order valence-corrected chi connectivity index (χ1v) is 11.9. The molecule has 0 bridgehead atoms. The van der Waals surface area contributed by atoms with Gasteiger partial charge in [0.05, 0.1) is 16.1 Å². The van der Waals surface area contributed by atoms with Crippen LogP contribution in [0.1, 0.15) is 49.8 Å². The van der Waals surface area contributed by atoms with Gasteiger partial charge in [0.15, 0.2) is 0 Å². The third-order valence-electron chi connectivity index (χ3n) is 5.81. The predicted octanol–water partition coefficient (Wildman–Crippen LogP) is 4.63.